The highest BCUT2D eigenvalue weighted by Crippen LogP contribution is 2.24. The zero-order valence-corrected chi connectivity index (χ0v) is 13.3. The van der Waals surface area contributed by atoms with Crippen LogP contribution in [0.2, 0.25) is 5.15 Å². The van der Waals surface area contributed by atoms with E-state index in [1.807, 2.05) is 19.9 Å². The number of halogens is 2. The molecule has 94 valence electrons. The normalized spacial score (nSPS) is 10.5. The van der Waals surface area contributed by atoms with Gasteiger partial charge in [0.05, 0.1) is 11.4 Å². The number of rotatable bonds is 2. The molecule has 0 spiro atoms. The first-order valence-electron chi connectivity index (χ1n) is 5.51. The van der Waals surface area contributed by atoms with Crippen molar-refractivity contribution in [1.82, 2.24) is 9.97 Å². The number of benzene rings is 1. The molecular weight excluding hydrogens is 361 g/mol. The largest absolute Gasteiger partial charge is 0.338 e. The monoisotopic (exact) mass is 373 g/mol. The summed E-state index contributed by atoms with van der Waals surface area (Å²) >= 11 is 8.39. The summed E-state index contributed by atoms with van der Waals surface area (Å²) in [5, 5.41) is 3.59. The predicted molar refractivity (Wildman–Crippen MR) is 83.7 cm³/mol. The summed E-state index contributed by atoms with van der Waals surface area (Å²) in [7, 11) is 0. The summed E-state index contributed by atoms with van der Waals surface area (Å²) in [6.07, 6.45) is 0. The predicted octanol–water partition coefficient (Wildman–Crippen LogP) is 4.40. The van der Waals surface area contributed by atoms with Gasteiger partial charge in [0.1, 0.15) is 0 Å². The van der Waals surface area contributed by atoms with E-state index in [0.717, 1.165) is 17.1 Å². The highest BCUT2D eigenvalue weighted by atomic mass is 127. The molecule has 1 aromatic heterocycles. The molecular formula is C13H13ClIN3. The third kappa shape index (κ3) is 2.92. The van der Waals surface area contributed by atoms with Gasteiger partial charge in [-0.15, -0.1) is 0 Å². The van der Waals surface area contributed by atoms with Crippen LogP contribution in [0.1, 0.15) is 17.0 Å². The van der Waals surface area contributed by atoms with E-state index in [1.54, 1.807) is 0 Å². The van der Waals surface area contributed by atoms with Crippen LogP contribution in [-0.4, -0.2) is 9.97 Å². The molecule has 0 saturated carbocycles. The average Bonchev–Trinajstić information content (AvgIpc) is 2.31. The Kier molecular flexibility index (Phi) is 4.07. The van der Waals surface area contributed by atoms with E-state index in [9.17, 15) is 0 Å². The second-order valence-corrected chi connectivity index (χ2v) is 5.64. The fourth-order valence-electron chi connectivity index (χ4n) is 1.46. The number of aryl methyl sites for hydroxylation is 3. The van der Waals surface area contributed by atoms with Crippen molar-refractivity contribution in [2.24, 2.45) is 0 Å². The lowest BCUT2D eigenvalue weighted by molar-refractivity contribution is 1.05. The fourth-order valence-corrected chi connectivity index (χ4v) is 2.19. The first-order valence-corrected chi connectivity index (χ1v) is 6.97. The molecule has 1 N–H and O–H groups in total. The Bertz CT molecular complexity index is 599. The third-order valence-electron chi connectivity index (χ3n) is 2.70. The van der Waals surface area contributed by atoms with Crippen LogP contribution in [0.25, 0.3) is 0 Å². The lowest BCUT2D eigenvalue weighted by Crippen LogP contribution is -2.01. The number of hydrogen-bond acceptors (Lipinski definition) is 3. The van der Waals surface area contributed by atoms with E-state index in [4.69, 9.17) is 11.6 Å². The molecule has 2 aromatic rings. The van der Waals surface area contributed by atoms with Crippen LogP contribution >= 0.6 is 34.2 Å². The molecule has 0 aliphatic heterocycles. The first kappa shape index (κ1) is 13.5. The summed E-state index contributed by atoms with van der Waals surface area (Å²) < 4.78 is 1.20. The van der Waals surface area contributed by atoms with E-state index in [0.29, 0.717) is 11.0 Å². The molecule has 5 heteroatoms. The third-order valence-corrected chi connectivity index (χ3v) is 4.12. The molecule has 0 amide bonds. The summed E-state index contributed by atoms with van der Waals surface area (Å²) in [5.74, 6) is 0.597. The van der Waals surface area contributed by atoms with E-state index < -0.39 is 0 Å². The number of aromatic nitrogens is 2. The smallest absolute Gasteiger partial charge is 0.172 e. The topological polar surface area (TPSA) is 37.8 Å². The minimum absolute atomic E-state index is 0.397. The van der Waals surface area contributed by atoms with Gasteiger partial charge in [-0.2, -0.15) is 0 Å². The van der Waals surface area contributed by atoms with Crippen molar-refractivity contribution >= 4 is 45.7 Å². The van der Waals surface area contributed by atoms with Gasteiger partial charge < -0.3 is 5.32 Å². The van der Waals surface area contributed by atoms with Crippen molar-refractivity contribution in [2.75, 3.05) is 5.32 Å². The highest BCUT2D eigenvalue weighted by molar-refractivity contribution is 14.1. The van der Waals surface area contributed by atoms with E-state index >= 15 is 0 Å². The Morgan fingerprint density at radius 2 is 1.78 bits per heavy atom. The number of hydrogen-bond donors (Lipinski definition) is 1. The summed E-state index contributed by atoms with van der Waals surface area (Å²) in [6.45, 7) is 5.89. The van der Waals surface area contributed by atoms with Crippen molar-refractivity contribution in [3.63, 3.8) is 0 Å². The molecule has 0 bridgehead atoms. The van der Waals surface area contributed by atoms with Crippen LogP contribution in [0.4, 0.5) is 11.5 Å². The molecule has 1 heterocycles. The Morgan fingerprint density at radius 1 is 1.11 bits per heavy atom. The van der Waals surface area contributed by atoms with Crippen molar-refractivity contribution in [2.45, 2.75) is 20.8 Å². The van der Waals surface area contributed by atoms with E-state index in [1.165, 1.54) is 9.13 Å². The summed E-state index contributed by atoms with van der Waals surface area (Å²) in [5.41, 5.74) is 3.94. The van der Waals surface area contributed by atoms with Crippen molar-refractivity contribution in [1.29, 1.82) is 0 Å². The SMILES string of the molecule is Cc1ccc(Nc2nc(C)c(C)nc2Cl)cc1I. The molecule has 0 radical (unpaired) electrons. The van der Waals surface area contributed by atoms with Crippen LogP contribution in [0.5, 0.6) is 0 Å². The van der Waals surface area contributed by atoms with Gasteiger partial charge in [-0.05, 0) is 61.1 Å². The molecule has 18 heavy (non-hydrogen) atoms. The second-order valence-electron chi connectivity index (χ2n) is 4.12. The van der Waals surface area contributed by atoms with Gasteiger partial charge in [-0.1, -0.05) is 17.7 Å². The average molecular weight is 374 g/mol. The quantitative estimate of drug-likeness (QED) is 0.793. The van der Waals surface area contributed by atoms with Gasteiger partial charge in [-0.3, -0.25) is 0 Å². The molecule has 0 unspecified atom stereocenters. The maximum absolute atomic E-state index is 6.08. The van der Waals surface area contributed by atoms with E-state index in [2.05, 4.69) is 56.9 Å². The molecule has 3 nitrogen and oxygen atoms in total. The molecule has 0 fully saturated rings. The van der Waals surface area contributed by atoms with Gasteiger partial charge in [0.25, 0.3) is 0 Å². The summed E-state index contributed by atoms with van der Waals surface area (Å²) in [4.78, 5) is 8.66. The van der Waals surface area contributed by atoms with Crippen molar-refractivity contribution < 1.29 is 0 Å². The van der Waals surface area contributed by atoms with Crippen molar-refractivity contribution in [3.05, 3.63) is 43.9 Å². The molecule has 0 aliphatic carbocycles. The van der Waals surface area contributed by atoms with Gasteiger partial charge in [-0.25, -0.2) is 9.97 Å². The van der Waals surface area contributed by atoms with Crippen LogP contribution in [-0.2, 0) is 0 Å². The molecule has 1 aromatic carbocycles. The Hall–Kier alpha value is -0.880. The zero-order chi connectivity index (χ0) is 13.3. The minimum atomic E-state index is 0.397. The lowest BCUT2D eigenvalue weighted by atomic mass is 10.2. The fraction of sp³-hybridized carbons (Fsp3) is 0.231. The van der Waals surface area contributed by atoms with E-state index in [-0.39, 0.29) is 0 Å². The number of anilines is 2. The first-order chi connectivity index (χ1) is 8.47. The minimum Gasteiger partial charge on any atom is -0.338 e. The highest BCUT2D eigenvalue weighted by Gasteiger charge is 2.07. The summed E-state index contributed by atoms with van der Waals surface area (Å²) in [6, 6.07) is 6.13. The molecule has 0 aliphatic rings. The maximum Gasteiger partial charge on any atom is 0.172 e. The molecule has 2 rings (SSSR count). The maximum atomic E-state index is 6.08. The van der Waals surface area contributed by atoms with Gasteiger partial charge >= 0.3 is 0 Å². The Balaban J connectivity index is 2.34. The number of nitrogens with one attached hydrogen (secondary N) is 1. The van der Waals surface area contributed by atoms with Gasteiger partial charge in [0.2, 0.25) is 0 Å². The number of nitrogens with zero attached hydrogens (tertiary/aromatic N) is 2. The van der Waals surface area contributed by atoms with Crippen molar-refractivity contribution in [3.8, 4) is 0 Å². The Labute approximate surface area is 125 Å². The van der Waals surface area contributed by atoms with Crippen LogP contribution in [0.15, 0.2) is 18.2 Å². The zero-order valence-electron chi connectivity index (χ0n) is 10.4. The van der Waals surface area contributed by atoms with Crippen LogP contribution < -0.4 is 5.32 Å². The Morgan fingerprint density at radius 3 is 2.44 bits per heavy atom. The second kappa shape index (κ2) is 5.40. The standard InChI is InChI=1S/C13H13ClIN3/c1-7-4-5-10(6-11(7)15)18-13-12(14)16-8(2)9(3)17-13/h4-6H,1-3H3,(H,17,18). The van der Waals surface area contributed by atoms with Crippen LogP contribution in [0, 0.1) is 24.3 Å². The molecule has 0 atom stereocenters. The van der Waals surface area contributed by atoms with Gasteiger partial charge in [0, 0.05) is 9.26 Å². The van der Waals surface area contributed by atoms with Gasteiger partial charge in [0.15, 0.2) is 11.0 Å². The lowest BCUT2D eigenvalue weighted by Gasteiger charge is -2.10. The molecule has 0 saturated heterocycles. The van der Waals surface area contributed by atoms with Crippen LogP contribution in [0.3, 0.4) is 0 Å².